The van der Waals surface area contributed by atoms with Gasteiger partial charge in [0.05, 0.1) is 5.69 Å². The van der Waals surface area contributed by atoms with Crippen LogP contribution in [0.2, 0.25) is 0 Å². The summed E-state index contributed by atoms with van der Waals surface area (Å²) in [5, 5.41) is 9.70. The molecule has 10 aromatic rings. The third-order valence-electron chi connectivity index (χ3n) is 9.44. The number of para-hydroxylation sites is 1. The van der Waals surface area contributed by atoms with Gasteiger partial charge in [-0.3, -0.25) is 0 Å². The zero-order chi connectivity index (χ0) is 30.9. The minimum atomic E-state index is 0.900. The highest BCUT2D eigenvalue weighted by molar-refractivity contribution is 7.25. The molecule has 0 N–H and O–H groups in total. The Labute approximate surface area is 275 Å². The standard InChI is InChI=1S/C44H27NOS/c1-2-12-33-28(9-1)10-7-15-34(33)29-19-21-31(22-20-29)45(32-23-24-44-39(26-32)36-14-4-6-18-43(36)47-44)40-16-8-11-30-25-38-35-13-3-5-17-41(35)46-42(38)27-37(30)40/h1-27H. The zero-order valence-corrected chi connectivity index (χ0v) is 26.2. The normalized spacial score (nSPS) is 11.8. The van der Waals surface area contributed by atoms with Crippen LogP contribution in [0.1, 0.15) is 0 Å². The molecule has 0 aliphatic heterocycles. The highest BCUT2D eigenvalue weighted by atomic mass is 32.1. The zero-order valence-electron chi connectivity index (χ0n) is 25.4. The fourth-order valence-corrected chi connectivity index (χ4v) is 8.31. The molecule has 0 saturated carbocycles. The fraction of sp³-hybridized carbons (Fsp3) is 0. The molecule has 0 aliphatic carbocycles. The summed E-state index contributed by atoms with van der Waals surface area (Å²) < 4.78 is 8.99. The van der Waals surface area contributed by atoms with Gasteiger partial charge in [0, 0.05) is 47.7 Å². The summed E-state index contributed by atoms with van der Waals surface area (Å²) in [7, 11) is 0. The number of nitrogens with zero attached hydrogens (tertiary/aromatic N) is 1. The highest BCUT2D eigenvalue weighted by Crippen LogP contribution is 2.44. The number of furan rings is 1. The Balaban J connectivity index is 1.20. The van der Waals surface area contributed by atoms with Crippen molar-refractivity contribution in [3.8, 4) is 11.1 Å². The Morgan fingerprint density at radius 1 is 0.404 bits per heavy atom. The van der Waals surface area contributed by atoms with Gasteiger partial charge < -0.3 is 9.32 Å². The van der Waals surface area contributed by atoms with Crippen molar-refractivity contribution in [2.24, 2.45) is 0 Å². The van der Waals surface area contributed by atoms with Crippen LogP contribution >= 0.6 is 11.3 Å². The van der Waals surface area contributed by atoms with E-state index in [1.165, 1.54) is 47.5 Å². The van der Waals surface area contributed by atoms with Gasteiger partial charge in [0.2, 0.25) is 0 Å². The van der Waals surface area contributed by atoms with E-state index in [4.69, 9.17) is 4.42 Å². The molecule has 0 unspecified atom stereocenters. The predicted octanol–water partition coefficient (Wildman–Crippen LogP) is 13.4. The second-order valence-corrected chi connectivity index (χ2v) is 13.2. The minimum absolute atomic E-state index is 0.900. The molecule has 2 heterocycles. The molecule has 0 spiro atoms. The van der Waals surface area contributed by atoms with Gasteiger partial charge in [-0.25, -0.2) is 0 Å². The van der Waals surface area contributed by atoms with Crippen LogP contribution in [0.5, 0.6) is 0 Å². The molecule has 0 aliphatic rings. The lowest BCUT2D eigenvalue weighted by Gasteiger charge is -2.27. The SMILES string of the molecule is c1ccc2c(-c3ccc(N(c4ccc5sc6ccccc6c5c4)c4cccc5cc6c(cc45)oc4ccccc46)cc3)cccc2c1. The topological polar surface area (TPSA) is 16.4 Å². The third kappa shape index (κ3) is 4.17. The van der Waals surface area contributed by atoms with Crippen LogP contribution in [0.15, 0.2) is 168 Å². The van der Waals surface area contributed by atoms with E-state index < -0.39 is 0 Å². The molecule has 220 valence electrons. The highest BCUT2D eigenvalue weighted by Gasteiger charge is 2.19. The van der Waals surface area contributed by atoms with Crippen molar-refractivity contribution < 1.29 is 4.42 Å². The van der Waals surface area contributed by atoms with E-state index in [0.29, 0.717) is 0 Å². The van der Waals surface area contributed by atoms with Crippen LogP contribution in [0.25, 0.3) is 74.8 Å². The average molecular weight is 618 g/mol. The predicted molar refractivity (Wildman–Crippen MR) is 202 cm³/mol. The van der Waals surface area contributed by atoms with Crippen molar-refractivity contribution in [2.75, 3.05) is 4.90 Å². The van der Waals surface area contributed by atoms with Crippen LogP contribution in [0, 0.1) is 0 Å². The monoisotopic (exact) mass is 617 g/mol. The minimum Gasteiger partial charge on any atom is -0.456 e. The molecule has 47 heavy (non-hydrogen) atoms. The summed E-state index contributed by atoms with van der Waals surface area (Å²) in [5.41, 5.74) is 7.59. The van der Waals surface area contributed by atoms with Crippen molar-refractivity contribution >= 4 is 92.1 Å². The third-order valence-corrected chi connectivity index (χ3v) is 10.6. The molecule has 2 aromatic heterocycles. The Morgan fingerprint density at radius 3 is 2.02 bits per heavy atom. The lowest BCUT2D eigenvalue weighted by atomic mass is 9.98. The van der Waals surface area contributed by atoms with E-state index in [1.807, 2.05) is 23.5 Å². The number of hydrogen-bond donors (Lipinski definition) is 0. The number of anilines is 3. The molecule has 10 rings (SSSR count). The lowest BCUT2D eigenvalue weighted by molar-refractivity contribution is 0.669. The Morgan fingerprint density at radius 2 is 1.11 bits per heavy atom. The Kier molecular flexibility index (Phi) is 5.78. The van der Waals surface area contributed by atoms with E-state index in [2.05, 4.69) is 157 Å². The van der Waals surface area contributed by atoms with Crippen molar-refractivity contribution in [3.63, 3.8) is 0 Å². The molecule has 0 atom stereocenters. The largest absolute Gasteiger partial charge is 0.456 e. The summed E-state index contributed by atoms with van der Waals surface area (Å²) in [4.78, 5) is 2.40. The molecule has 0 bridgehead atoms. The van der Waals surface area contributed by atoms with Crippen molar-refractivity contribution in [1.82, 2.24) is 0 Å². The first-order valence-corrected chi connectivity index (χ1v) is 16.7. The van der Waals surface area contributed by atoms with Crippen molar-refractivity contribution in [3.05, 3.63) is 164 Å². The summed E-state index contributed by atoms with van der Waals surface area (Å²) >= 11 is 1.85. The van der Waals surface area contributed by atoms with Gasteiger partial charge >= 0.3 is 0 Å². The maximum absolute atomic E-state index is 6.38. The summed E-state index contributed by atoms with van der Waals surface area (Å²) in [6.07, 6.45) is 0. The Hall–Kier alpha value is -5.90. The Bertz CT molecular complexity index is 2800. The first kappa shape index (κ1) is 26.3. The average Bonchev–Trinajstić information content (AvgIpc) is 3.69. The first-order chi connectivity index (χ1) is 23.3. The maximum Gasteiger partial charge on any atom is 0.136 e. The van der Waals surface area contributed by atoms with Crippen LogP contribution in [-0.2, 0) is 0 Å². The summed E-state index contributed by atoms with van der Waals surface area (Å²) in [6, 6.07) is 59.1. The molecule has 3 heteroatoms. The van der Waals surface area contributed by atoms with Gasteiger partial charge in [-0.2, -0.15) is 0 Å². The van der Waals surface area contributed by atoms with Crippen molar-refractivity contribution in [1.29, 1.82) is 0 Å². The second-order valence-electron chi connectivity index (χ2n) is 12.1. The number of thiophene rings is 1. The van der Waals surface area contributed by atoms with Crippen LogP contribution in [-0.4, -0.2) is 0 Å². The molecule has 2 nitrogen and oxygen atoms in total. The number of rotatable bonds is 4. The first-order valence-electron chi connectivity index (χ1n) is 15.9. The molecule has 8 aromatic carbocycles. The quantitative estimate of drug-likeness (QED) is 0.195. The summed E-state index contributed by atoms with van der Waals surface area (Å²) in [6.45, 7) is 0. The maximum atomic E-state index is 6.38. The van der Waals surface area contributed by atoms with Gasteiger partial charge in [-0.15, -0.1) is 11.3 Å². The van der Waals surface area contributed by atoms with Crippen LogP contribution in [0.3, 0.4) is 0 Å². The molecule has 0 saturated heterocycles. The number of benzene rings is 8. The number of hydrogen-bond acceptors (Lipinski definition) is 3. The van der Waals surface area contributed by atoms with Gasteiger partial charge in [0.25, 0.3) is 0 Å². The molecule has 0 fully saturated rings. The van der Waals surface area contributed by atoms with Crippen molar-refractivity contribution in [2.45, 2.75) is 0 Å². The van der Waals surface area contributed by atoms with Crippen LogP contribution < -0.4 is 4.90 Å². The molecular weight excluding hydrogens is 591 g/mol. The molecular formula is C44H27NOS. The van der Waals surface area contributed by atoms with E-state index >= 15 is 0 Å². The fourth-order valence-electron chi connectivity index (χ4n) is 7.22. The van der Waals surface area contributed by atoms with Gasteiger partial charge in [0.15, 0.2) is 0 Å². The smallest absolute Gasteiger partial charge is 0.136 e. The summed E-state index contributed by atoms with van der Waals surface area (Å²) in [5.74, 6) is 0. The van der Waals surface area contributed by atoms with E-state index in [-0.39, 0.29) is 0 Å². The molecule has 0 radical (unpaired) electrons. The van der Waals surface area contributed by atoms with Gasteiger partial charge in [0.1, 0.15) is 11.2 Å². The molecule has 0 amide bonds. The van der Waals surface area contributed by atoms with E-state index in [9.17, 15) is 0 Å². The van der Waals surface area contributed by atoms with Gasteiger partial charge in [-0.1, -0.05) is 103 Å². The lowest BCUT2D eigenvalue weighted by Crippen LogP contribution is -2.10. The van der Waals surface area contributed by atoms with E-state index in [0.717, 1.165) is 44.4 Å². The van der Waals surface area contributed by atoms with Crippen LogP contribution in [0.4, 0.5) is 17.1 Å². The number of fused-ring (bicyclic) bond motifs is 8. The van der Waals surface area contributed by atoms with Gasteiger partial charge in [-0.05, 0) is 87.9 Å². The van der Waals surface area contributed by atoms with E-state index in [1.54, 1.807) is 0 Å². The second kappa shape index (κ2) is 10.3.